The van der Waals surface area contributed by atoms with Gasteiger partial charge in [0.15, 0.2) is 11.5 Å². The maximum Gasteiger partial charge on any atom is 0.322 e. The van der Waals surface area contributed by atoms with E-state index in [9.17, 15) is 9.59 Å². The van der Waals surface area contributed by atoms with Crippen molar-refractivity contribution in [3.05, 3.63) is 58.1 Å². The number of aliphatic imine (C=N–C) groups is 1. The maximum absolute atomic E-state index is 12.2. The van der Waals surface area contributed by atoms with Crippen LogP contribution in [-0.2, 0) is 17.6 Å². The van der Waals surface area contributed by atoms with E-state index >= 15 is 0 Å². The van der Waals surface area contributed by atoms with Crippen LogP contribution in [-0.4, -0.2) is 47.0 Å². The first-order valence-electron chi connectivity index (χ1n) is 11.2. The number of nitrogens with one attached hydrogen (secondary N) is 1. The number of halogens is 1. The second kappa shape index (κ2) is 9.29. The fourth-order valence-electron chi connectivity index (χ4n) is 4.58. The molecule has 1 amide bonds. The third kappa shape index (κ3) is 5.04. The lowest BCUT2D eigenvalue weighted by molar-refractivity contribution is -0.135. The van der Waals surface area contributed by atoms with Gasteiger partial charge in [-0.05, 0) is 64.8 Å². The normalized spacial score (nSPS) is 16.8. The zero-order valence-electron chi connectivity index (χ0n) is 20.2. The molecule has 34 heavy (non-hydrogen) atoms. The Hall–Kier alpha value is -3.06. The molecule has 0 fully saturated rings. The number of carbonyl (C=O) groups is 2. The molecule has 182 valence electrons. The minimum absolute atomic E-state index is 0. The molecule has 0 spiro atoms. The van der Waals surface area contributed by atoms with Crippen molar-refractivity contribution in [1.29, 1.82) is 0 Å². The average molecular weight is 487 g/mol. The summed E-state index contributed by atoms with van der Waals surface area (Å²) in [5, 5.41) is 11.2. The highest BCUT2D eigenvalue weighted by molar-refractivity contribution is 6.16. The Morgan fingerprint density at radius 3 is 2.44 bits per heavy atom. The van der Waals surface area contributed by atoms with Crippen LogP contribution in [0.4, 0.5) is 0 Å². The van der Waals surface area contributed by atoms with Gasteiger partial charge in [-0.25, -0.2) is 0 Å². The molecule has 2 heterocycles. The summed E-state index contributed by atoms with van der Waals surface area (Å²) < 4.78 is 12.2. The van der Waals surface area contributed by atoms with E-state index < -0.39 is 18.4 Å². The van der Waals surface area contributed by atoms with Gasteiger partial charge in [0.25, 0.3) is 5.91 Å². The van der Waals surface area contributed by atoms with Crippen LogP contribution in [0.25, 0.3) is 0 Å². The van der Waals surface area contributed by atoms with Gasteiger partial charge < -0.3 is 19.9 Å². The molecule has 0 bridgehead atoms. The van der Waals surface area contributed by atoms with Gasteiger partial charge in [0.05, 0.1) is 17.9 Å². The van der Waals surface area contributed by atoms with E-state index in [1.807, 2.05) is 19.1 Å². The summed E-state index contributed by atoms with van der Waals surface area (Å²) in [6.07, 6.45) is 1.54. The zero-order valence-corrected chi connectivity index (χ0v) is 21.0. The summed E-state index contributed by atoms with van der Waals surface area (Å²) in [7, 11) is 0. The molecule has 2 aliphatic heterocycles. The first-order chi connectivity index (χ1) is 15.5. The molecule has 2 aliphatic rings. The van der Waals surface area contributed by atoms with E-state index in [2.05, 4.69) is 39.1 Å². The van der Waals surface area contributed by atoms with Gasteiger partial charge in [0, 0.05) is 28.7 Å². The van der Waals surface area contributed by atoms with Gasteiger partial charge in [0.1, 0.15) is 12.1 Å². The van der Waals surface area contributed by atoms with Gasteiger partial charge in [0.2, 0.25) is 0 Å². The largest absolute Gasteiger partial charge is 0.490 e. The molecule has 0 radical (unpaired) electrons. The molecule has 7 nitrogen and oxygen atoms in total. The minimum atomic E-state index is -1.08. The Morgan fingerprint density at radius 2 is 1.82 bits per heavy atom. The number of hydrogen-bond donors (Lipinski definition) is 2. The predicted molar refractivity (Wildman–Crippen MR) is 133 cm³/mol. The number of benzene rings is 2. The molecule has 2 aromatic rings. The van der Waals surface area contributed by atoms with Gasteiger partial charge in [-0.3, -0.25) is 14.6 Å². The molecule has 0 unspecified atom stereocenters. The fourth-order valence-corrected chi connectivity index (χ4v) is 4.58. The SMILES string of the molecule is CCOc1cc2c(c3c1OC(C)(C)C3)C(c1ccc(C(=O)NCC(=O)O)cc1)=NC(C)(C)C2.Cl. The van der Waals surface area contributed by atoms with E-state index in [1.165, 1.54) is 5.56 Å². The summed E-state index contributed by atoms with van der Waals surface area (Å²) in [6.45, 7) is 10.5. The van der Waals surface area contributed by atoms with Crippen molar-refractivity contribution in [2.24, 2.45) is 4.99 Å². The van der Waals surface area contributed by atoms with E-state index in [1.54, 1.807) is 12.1 Å². The molecule has 0 saturated carbocycles. The number of amides is 1. The third-order valence-corrected chi connectivity index (χ3v) is 5.80. The van der Waals surface area contributed by atoms with Gasteiger partial charge in [-0.1, -0.05) is 12.1 Å². The van der Waals surface area contributed by atoms with Gasteiger partial charge >= 0.3 is 5.97 Å². The number of hydrogen-bond acceptors (Lipinski definition) is 5. The number of nitrogens with zero attached hydrogens (tertiary/aromatic N) is 1. The number of carboxylic acid groups (broad SMARTS) is 1. The van der Waals surface area contributed by atoms with Crippen molar-refractivity contribution in [3.63, 3.8) is 0 Å². The summed E-state index contributed by atoms with van der Waals surface area (Å²) in [5.41, 5.74) is 4.91. The zero-order chi connectivity index (χ0) is 24.0. The summed E-state index contributed by atoms with van der Waals surface area (Å²) in [5.74, 6) is 0.0606. The Balaban J connectivity index is 0.00000324. The predicted octanol–water partition coefficient (Wildman–Crippen LogP) is 4.21. The molecule has 2 N–H and O–H groups in total. The molecule has 0 saturated heterocycles. The van der Waals surface area contributed by atoms with Crippen LogP contribution in [0.3, 0.4) is 0 Å². The quantitative estimate of drug-likeness (QED) is 0.637. The summed E-state index contributed by atoms with van der Waals surface area (Å²) in [6, 6.07) is 9.22. The van der Waals surface area contributed by atoms with Crippen LogP contribution in [0.5, 0.6) is 11.5 Å². The van der Waals surface area contributed by atoms with Crippen LogP contribution in [0.2, 0.25) is 0 Å². The smallest absolute Gasteiger partial charge is 0.322 e. The van der Waals surface area contributed by atoms with Crippen molar-refractivity contribution < 1.29 is 24.2 Å². The summed E-state index contributed by atoms with van der Waals surface area (Å²) >= 11 is 0. The van der Waals surface area contributed by atoms with E-state index in [4.69, 9.17) is 19.6 Å². The third-order valence-electron chi connectivity index (χ3n) is 5.80. The number of rotatable bonds is 6. The van der Waals surface area contributed by atoms with Gasteiger partial charge in [-0.15, -0.1) is 12.4 Å². The van der Waals surface area contributed by atoms with Crippen LogP contribution < -0.4 is 14.8 Å². The average Bonchev–Trinajstić information content (AvgIpc) is 3.06. The maximum atomic E-state index is 12.2. The van der Waals surface area contributed by atoms with Crippen molar-refractivity contribution in [1.82, 2.24) is 5.32 Å². The lowest BCUT2D eigenvalue weighted by Crippen LogP contribution is -2.31. The topological polar surface area (TPSA) is 97.2 Å². The van der Waals surface area contributed by atoms with E-state index in [0.29, 0.717) is 12.2 Å². The molecule has 2 aromatic carbocycles. The highest BCUT2D eigenvalue weighted by atomic mass is 35.5. The Bertz CT molecular complexity index is 1150. The second-order valence-electron chi connectivity index (χ2n) is 9.79. The first kappa shape index (κ1) is 25.6. The molecular weight excluding hydrogens is 456 g/mol. The van der Waals surface area contributed by atoms with Crippen molar-refractivity contribution in [2.75, 3.05) is 13.2 Å². The number of carbonyl (C=O) groups excluding carboxylic acids is 1. The van der Waals surface area contributed by atoms with Gasteiger partial charge in [-0.2, -0.15) is 0 Å². The molecule has 4 rings (SSSR count). The van der Waals surface area contributed by atoms with E-state index in [0.717, 1.165) is 46.7 Å². The Morgan fingerprint density at radius 1 is 1.15 bits per heavy atom. The lowest BCUT2D eigenvalue weighted by atomic mass is 9.81. The van der Waals surface area contributed by atoms with Crippen LogP contribution in [0.15, 0.2) is 35.3 Å². The fraction of sp³-hybridized carbons (Fsp3) is 0.423. The summed E-state index contributed by atoms with van der Waals surface area (Å²) in [4.78, 5) is 28.1. The molecule has 8 heteroatoms. The second-order valence-corrected chi connectivity index (χ2v) is 9.79. The van der Waals surface area contributed by atoms with Crippen LogP contribution >= 0.6 is 12.4 Å². The highest BCUT2D eigenvalue weighted by Gasteiger charge is 2.39. The molecular formula is C26H31ClN2O5. The molecule has 0 atom stereocenters. The molecule has 0 aromatic heterocycles. The van der Waals surface area contributed by atoms with Crippen LogP contribution in [0, 0.1) is 0 Å². The number of fused-ring (bicyclic) bond motifs is 3. The molecule has 0 aliphatic carbocycles. The Kier molecular flexibility index (Phi) is 6.99. The minimum Gasteiger partial charge on any atom is -0.490 e. The van der Waals surface area contributed by atoms with E-state index in [-0.39, 0.29) is 23.5 Å². The first-order valence-corrected chi connectivity index (χ1v) is 11.2. The number of carboxylic acids is 1. The van der Waals surface area contributed by atoms with Crippen molar-refractivity contribution >= 4 is 30.0 Å². The van der Waals surface area contributed by atoms with Crippen molar-refractivity contribution in [2.45, 2.75) is 58.6 Å². The highest BCUT2D eigenvalue weighted by Crippen LogP contribution is 2.48. The lowest BCUT2D eigenvalue weighted by Gasteiger charge is -2.31. The Labute approximate surface area is 206 Å². The standard InChI is InChI=1S/C26H30N2O5.ClH/c1-6-32-19-11-17-12-25(2,3)28-22(21(17)18-13-26(4,5)33-23(18)19)15-7-9-16(10-8-15)24(31)27-14-20(29)30;/h7-11H,6,12-14H2,1-5H3,(H,27,31)(H,29,30);1H. The monoisotopic (exact) mass is 486 g/mol. The number of aliphatic carboxylic acids is 1. The number of ether oxygens (including phenoxy) is 2. The van der Waals surface area contributed by atoms with Crippen molar-refractivity contribution in [3.8, 4) is 11.5 Å². The van der Waals surface area contributed by atoms with Crippen LogP contribution in [0.1, 0.15) is 67.2 Å².